The van der Waals surface area contributed by atoms with Gasteiger partial charge in [0.25, 0.3) is 5.91 Å². The monoisotopic (exact) mass is 436 g/mol. The fourth-order valence-electron chi connectivity index (χ4n) is 3.54. The highest BCUT2D eigenvalue weighted by Gasteiger charge is 2.19. The summed E-state index contributed by atoms with van der Waals surface area (Å²) < 4.78 is 18.7. The summed E-state index contributed by atoms with van der Waals surface area (Å²) in [6, 6.07) is 20.2. The maximum Gasteiger partial charge on any atom is 0.251 e. The van der Waals surface area contributed by atoms with Crippen LogP contribution in [-0.4, -0.2) is 24.8 Å². The van der Waals surface area contributed by atoms with Gasteiger partial charge in [0.15, 0.2) is 0 Å². The Balaban J connectivity index is 1.44. The molecule has 1 aliphatic heterocycles. The minimum absolute atomic E-state index is 0.103. The third-order valence-electron chi connectivity index (χ3n) is 5.15. The molecule has 4 rings (SSSR count). The number of amides is 1. The molecule has 160 valence electrons. The molecule has 1 amide bonds. The van der Waals surface area contributed by atoms with E-state index >= 15 is 0 Å². The Hall–Kier alpha value is -2.99. The second kappa shape index (κ2) is 9.88. The minimum Gasteiger partial charge on any atom is -0.494 e. The van der Waals surface area contributed by atoms with Gasteiger partial charge in [0, 0.05) is 35.8 Å². The predicted octanol–water partition coefficient (Wildman–Crippen LogP) is 5.27. The Morgan fingerprint density at radius 3 is 2.55 bits per heavy atom. The summed E-state index contributed by atoms with van der Waals surface area (Å²) in [6.45, 7) is 4.60. The molecule has 0 radical (unpaired) electrons. The number of rotatable bonds is 7. The van der Waals surface area contributed by atoms with Crippen LogP contribution in [0.4, 0.5) is 10.1 Å². The predicted molar refractivity (Wildman–Crippen MR) is 123 cm³/mol. The van der Waals surface area contributed by atoms with E-state index in [1.807, 2.05) is 61.5 Å². The van der Waals surface area contributed by atoms with Crippen LogP contribution < -0.4 is 15.0 Å². The lowest BCUT2D eigenvalue weighted by atomic mass is 10.1. The second-order valence-corrected chi connectivity index (χ2v) is 8.48. The lowest BCUT2D eigenvalue weighted by Gasteiger charge is -2.31. The summed E-state index contributed by atoms with van der Waals surface area (Å²) in [5.41, 5.74) is 3.75. The van der Waals surface area contributed by atoms with Gasteiger partial charge in [-0.25, -0.2) is 4.39 Å². The van der Waals surface area contributed by atoms with Gasteiger partial charge >= 0.3 is 0 Å². The summed E-state index contributed by atoms with van der Waals surface area (Å²) in [5.74, 6) is 1.47. The van der Waals surface area contributed by atoms with Crippen LogP contribution in [0.3, 0.4) is 0 Å². The zero-order valence-electron chi connectivity index (χ0n) is 17.4. The minimum atomic E-state index is -0.232. The molecular weight excluding hydrogens is 411 g/mol. The van der Waals surface area contributed by atoms with Crippen LogP contribution in [0.5, 0.6) is 5.75 Å². The number of fused-ring (bicyclic) bond motifs is 1. The molecule has 0 saturated heterocycles. The highest BCUT2D eigenvalue weighted by molar-refractivity contribution is 7.99. The third kappa shape index (κ3) is 5.39. The third-order valence-corrected chi connectivity index (χ3v) is 6.20. The van der Waals surface area contributed by atoms with Gasteiger partial charge in [-0.15, -0.1) is 11.8 Å². The first kappa shape index (κ1) is 21.2. The van der Waals surface area contributed by atoms with Crippen molar-refractivity contribution in [2.24, 2.45) is 0 Å². The Kier molecular flexibility index (Phi) is 6.77. The van der Waals surface area contributed by atoms with Crippen molar-refractivity contribution in [3.05, 3.63) is 89.2 Å². The van der Waals surface area contributed by atoms with Crippen LogP contribution in [0.15, 0.2) is 71.6 Å². The zero-order valence-corrected chi connectivity index (χ0v) is 18.3. The van der Waals surface area contributed by atoms with Crippen LogP contribution >= 0.6 is 11.8 Å². The van der Waals surface area contributed by atoms with Crippen LogP contribution in [0.2, 0.25) is 0 Å². The standard InChI is InChI=1S/C25H25FN2O2S/c1-2-30-22-10-5-18(6-11-22)16-27-25(29)20-7-12-24-23(15-20)28(13-14-31-24)17-19-3-8-21(26)9-4-19/h3-12,15H,2,13-14,16-17H2,1H3,(H,27,29). The first-order valence-electron chi connectivity index (χ1n) is 10.4. The topological polar surface area (TPSA) is 41.6 Å². The Bertz CT molecular complexity index is 1040. The van der Waals surface area contributed by atoms with Crippen molar-refractivity contribution in [1.82, 2.24) is 5.32 Å². The highest BCUT2D eigenvalue weighted by atomic mass is 32.2. The smallest absolute Gasteiger partial charge is 0.251 e. The lowest BCUT2D eigenvalue weighted by Crippen LogP contribution is -2.29. The quantitative estimate of drug-likeness (QED) is 0.548. The maximum absolute atomic E-state index is 13.2. The number of hydrogen-bond acceptors (Lipinski definition) is 4. The highest BCUT2D eigenvalue weighted by Crippen LogP contribution is 2.36. The molecule has 31 heavy (non-hydrogen) atoms. The van der Waals surface area contributed by atoms with Gasteiger partial charge in [-0.05, 0) is 60.5 Å². The van der Waals surface area contributed by atoms with Crippen LogP contribution in [0, 0.1) is 5.82 Å². The molecule has 1 heterocycles. The van der Waals surface area contributed by atoms with Crippen LogP contribution in [0.25, 0.3) is 0 Å². The molecule has 3 aromatic rings. The molecule has 0 fully saturated rings. The van der Waals surface area contributed by atoms with Crippen molar-refractivity contribution in [3.8, 4) is 5.75 Å². The van der Waals surface area contributed by atoms with Crippen LogP contribution in [-0.2, 0) is 13.1 Å². The van der Waals surface area contributed by atoms with Crippen molar-refractivity contribution < 1.29 is 13.9 Å². The fourth-order valence-corrected chi connectivity index (χ4v) is 4.57. The van der Waals surface area contributed by atoms with Gasteiger partial charge < -0.3 is 15.0 Å². The lowest BCUT2D eigenvalue weighted by molar-refractivity contribution is 0.0951. The number of hydrogen-bond donors (Lipinski definition) is 1. The number of ether oxygens (including phenoxy) is 1. The molecule has 0 unspecified atom stereocenters. The number of carbonyl (C=O) groups is 1. The number of nitrogens with zero attached hydrogens (tertiary/aromatic N) is 1. The first-order chi connectivity index (χ1) is 15.1. The number of anilines is 1. The molecule has 0 aromatic heterocycles. The SMILES string of the molecule is CCOc1ccc(CNC(=O)c2ccc3c(c2)N(Cc2ccc(F)cc2)CCS3)cc1. The van der Waals surface area contributed by atoms with E-state index in [2.05, 4.69) is 10.2 Å². The summed E-state index contributed by atoms with van der Waals surface area (Å²) in [7, 11) is 0. The van der Waals surface area contributed by atoms with Crippen molar-refractivity contribution in [1.29, 1.82) is 0 Å². The van der Waals surface area contributed by atoms with E-state index in [0.717, 1.165) is 39.8 Å². The van der Waals surface area contributed by atoms with Crippen molar-refractivity contribution in [3.63, 3.8) is 0 Å². The molecular formula is C25H25FN2O2S. The molecule has 3 aromatic carbocycles. The summed E-state index contributed by atoms with van der Waals surface area (Å²) in [5, 5.41) is 3.00. The van der Waals surface area contributed by atoms with E-state index in [9.17, 15) is 9.18 Å². The molecule has 6 heteroatoms. The average molecular weight is 437 g/mol. The normalized spacial score (nSPS) is 12.9. The number of carbonyl (C=O) groups excluding carboxylic acids is 1. The largest absolute Gasteiger partial charge is 0.494 e. The van der Waals surface area contributed by atoms with Gasteiger partial charge in [-0.3, -0.25) is 4.79 Å². The number of halogens is 1. The molecule has 0 aliphatic carbocycles. The Morgan fingerprint density at radius 1 is 1.06 bits per heavy atom. The van der Waals surface area contributed by atoms with Crippen molar-refractivity contribution >= 4 is 23.4 Å². The van der Waals surface area contributed by atoms with E-state index in [1.165, 1.54) is 12.1 Å². The van der Waals surface area contributed by atoms with E-state index in [-0.39, 0.29) is 11.7 Å². The van der Waals surface area contributed by atoms with Gasteiger partial charge in [-0.1, -0.05) is 24.3 Å². The summed E-state index contributed by atoms with van der Waals surface area (Å²) in [6.07, 6.45) is 0. The average Bonchev–Trinajstić information content (AvgIpc) is 2.80. The van der Waals surface area contributed by atoms with Crippen molar-refractivity contribution in [2.75, 3.05) is 23.8 Å². The summed E-state index contributed by atoms with van der Waals surface area (Å²) >= 11 is 1.80. The maximum atomic E-state index is 13.2. The van der Waals surface area contributed by atoms with Crippen LogP contribution in [0.1, 0.15) is 28.4 Å². The van der Waals surface area contributed by atoms with E-state index < -0.39 is 0 Å². The fraction of sp³-hybridized carbons (Fsp3) is 0.240. The van der Waals surface area contributed by atoms with Gasteiger partial charge in [0.05, 0.1) is 12.3 Å². The Labute approximate surface area is 186 Å². The molecule has 1 aliphatic rings. The molecule has 4 nitrogen and oxygen atoms in total. The van der Waals surface area contributed by atoms with E-state index in [0.29, 0.717) is 25.3 Å². The van der Waals surface area contributed by atoms with Crippen molar-refractivity contribution in [2.45, 2.75) is 24.9 Å². The first-order valence-corrected chi connectivity index (χ1v) is 11.4. The number of thioether (sulfide) groups is 1. The summed E-state index contributed by atoms with van der Waals surface area (Å²) in [4.78, 5) is 16.2. The van der Waals surface area contributed by atoms with Gasteiger partial charge in [-0.2, -0.15) is 0 Å². The molecule has 0 spiro atoms. The van der Waals surface area contributed by atoms with Gasteiger partial charge in [0.1, 0.15) is 11.6 Å². The molecule has 0 bridgehead atoms. The second-order valence-electron chi connectivity index (χ2n) is 7.34. The van der Waals surface area contributed by atoms with E-state index in [1.54, 1.807) is 11.8 Å². The van der Waals surface area contributed by atoms with Gasteiger partial charge in [0.2, 0.25) is 0 Å². The molecule has 0 atom stereocenters. The number of benzene rings is 3. The molecule has 1 N–H and O–H groups in total. The Morgan fingerprint density at radius 2 is 1.81 bits per heavy atom. The zero-order chi connectivity index (χ0) is 21.6. The molecule has 0 saturated carbocycles. The van der Waals surface area contributed by atoms with E-state index in [4.69, 9.17) is 4.74 Å². The number of nitrogens with one attached hydrogen (secondary N) is 1.